The highest BCUT2D eigenvalue weighted by Crippen LogP contribution is 2.21. The van der Waals surface area contributed by atoms with Gasteiger partial charge in [0, 0.05) is 17.1 Å². The molecule has 0 aliphatic rings. The summed E-state index contributed by atoms with van der Waals surface area (Å²) in [4.78, 5) is 3.33. The summed E-state index contributed by atoms with van der Waals surface area (Å²) in [5.74, 6) is 0. The highest BCUT2D eigenvalue weighted by Gasteiger charge is 2.02. The van der Waals surface area contributed by atoms with Crippen molar-refractivity contribution in [3.8, 4) is 11.4 Å². The zero-order valence-electron chi connectivity index (χ0n) is 11.5. The molecule has 0 aliphatic heterocycles. The van der Waals surface area contributed by atoms with Crippen LogP contribution in [-0.4, -0.2) is 15.2 Å². The van der Waals surface area contributed by atoms with E-state index in [-0.39, 0.29) is 0 Å². The van der Waals surface area contributed by atoms with Crippen molar-refractivity contribution < 1.29 is 0 Å². The van der Waals surface area contributed by atoms with E-state index in [9.17, 15) is 0 Å². The van der Waals surface area contributed by atoms with Gasteiger partial charge >= 0.3 is 0 Å². The lowest BCUT2D eigenvalue weighted by atomic mass is 10.2. The molecule has 0 atom stereocenters. The van der Waals surface area contributed by atoms with Crippen molar-refractivity contribution in [1.82, 2.24) is 15.2 Å². The Balaban J connectivity index is 0.000000371. The number of benzene rings is 1. The van der Waals surface area contributed by atoms with Crippen LogP contribution in [0.25, 0.3) is 22.3 Å². The Morgan fingerprint density at radius 2 is 1.61 bits per heavy atom. The maximum atomic E-state index is 3.92. The van der Waals surface area contributed by atoms with Crippen molar-refractivity contribution in [1.29, 1.82) is 0 Å². The van der Waals surface area contributed by atoms with Gasteiger partial charge < -0.3 is 4.98 Å². The SMILES string of the molecule is CC.CC.c1ccc2[nH]c(-c3ccn[nH]3)cc2c1. The molecule has 3 aromatic rings. The second-order valence-corrected chi connectivity index (χ2v) is 3.24. The average molecular weight is 243 g/mol. The van der Waals surface area contributed by atoms with Crippen LogP contribution in [0.5, 0.6) is 0 Å². The second-order valence-electron chi connectivity index (χ2n) is 3.24. The zero-order chi connectivity index (χ0) is 13.4. The summed E-state index contributed by atoms with van der Waals surface area (Å²) in [6.07, 6.45) is 1.75. The molecule has 2 aromatic heterocycles. The minimum Gasteiger partial charge on any atom is -0.353 e. The van der Waals surface area contributed by atoms with Crippen LogP contribution in [0.4, 0.5) is 0 Å². The lowest BCUT2D eigenvalue weighted by molar-refractivity contribution is 1.09. The molecule has 3 rings (SSSR count). The number of nitrogens with zero attached hydrogens (tertiary/aromatic N) is 1. The number of fused-ring (bicyclic) bond motifs is 1. The highest BCUT2D eigenvalue weighted by molar-refractivity contribution is 5.84. The highest BCUT2D eigenvalue weighted by atomic mass is 15.1. The van der Waals surface area contributed by atoms with Gasteiger partial charge in [0.15, 0.2) is 0 Å². The van der Waals surface area contributed by atoms with E-state index in [1.54, 1.807) is 6.20 Å². The van der Waals surface area contributed by atoms with Gasteiger partial charge in [0.05, 0.1) is 11.4 Å². The van der Waals surface area contributed by atoms with Gasteiger partial charge in [-0.1, -0.05) is 45.9 Å². The van der Waals surface area contributed by atoms with Gasteiger partial charge in [-0.05, 0) is 18.2 Å². The fourth-order valence-electron chi connectivity index (χ4n) is 1.62. The summed E-state index contributed by atoms with van der Waals surface area (Å²) >= 11 is 0. The molecular formula is C15H21N3. The Hall–Kier alpha value is -2.03. The first kappa shape index (κ1) is 14.0. The summed E-state index contributed by atoms with van der Waals surface area (Å²) < 4.78 is 0. The Bertz CT molecular complexity index is 517. The predicted molar refractivity (Wildman–Crippen MR) is 78.6 cm³/mol. The number of aromatic nitrogens is 3. The summed E-state index contributed by atoms with van der Waals surface area (Å²) in [5.41, 5.74) is 3.24. The first-order valence-electron chi connectivity index (χ1n) is 6.51. The van der Waals surface area contributed by atoms with Gasteiger partial charge in [0.1, 0.15) is 0 Å². The monoisotopic (exact) mass is 243 g/mol. The van der Waals surface area contributed by atoms with E-state index in [1.165, 1.54) is 5.39 Å². The molecule has 0 bridgehead atoms. The minimum absolute atomic E-state index is 1.02. The molecule has 96 valence electrons. The molecule has 2 heterocycles. The van der Waals surface area contributed by atoms with Crippen LogP contribution < -0.4 is 0 Å². The molecule has 1 aromatic carbocycles. The van der Waals surface area contributed by atoms with Gasteiger partial charge in [-0.3, -0.25) is 5.10 Å². The Morgan fingerprint density at radius 1 is 0.889 bits per heavy atom. The molecule has 0 radical (unpaired) electrons. The van der Waals surface area contributed by atoms with Crippen molar-refractivity contribution >= 4 is 10.9 Å². The summed E-state index contributed by atoms with van der Waals surface area (Å²) in [6.45, 7) is 8.00. The fraction of sp³-hybridized carbons (Fsp3) is 0.267. The van der Waals surface area contributed by atoms with Gasteiger partial charge in [0.25, 0.3) is 0 Å². The minimum atomic E-state index is 1.02. The number of aromatic amines is 2. The zero-order valence-corrected chi connectivity index (χ0v) is 11.5. The van der Waals surface area contributed by atoms with Crippen molar-refractivity contribution in [2.45, 2.75) is 27.7 Å². The lowest BCUT2D eigenvalue weighted by Gasteiger charge is -1.88. The van der Waals surface area contributed by atoms with Crippen LogP contribution in [0.3, 0.4) is 0 Å². The quantitative estimate of drug-likeness (QED) is 0.644. The molecule has 0 fully saturated rings. The van der Waals surface area contributed by atoms with Gasteiger partial charge in [-0.15, -0.1) is 0 Å². The van der Waals surface area contributed by atoms with Crippen LogP contribution in [0.1, 0.15) is 27.7 Å². The predicted octanol–water partition coefficient (Wildman–Crippen LogP) is 4.61. The van der Waals surface area contributed by atoms with E-state index >= 15 is 0 Å². The largest absolute Gasteiger partial charge is 0.353 e. The smallest absolute Gasteiger partial charge is 0.0812 e. The summed E-state index contributed by atoms with van der Waals surface area (Å²) in [5, 5.41) is 8.08. The Morgan fingerprint density at radius 3 is 2.22 bits per heavy atom. The van der Waals surface area contributed by atoms with Crippen molar-refractivity contribution in [2.24, 2.45) is 0 Å². The number of para-hydroxylation sites is 1. The van der Waals surface area contributed by atoms with E-state index < -0.39 is 0 Å². The van der Waals surface area contributed by atoms with E-state index in [0.29, 0.717) is 0 Å². The standard InChI is InChI=1S/C11H9N3.2C2H6/c1-2-4-9-8(3-1)7-11(13-9)10-5-6-12-14-10;2*1-2/h1-7,13H,(H,12,14);2*1-2H3. The van der Waals surface area contributed by atoms with E-state index in [4.69, 9.17) is 0 Å². The molecule has 0 aliphatic carbocycles. The van der Waals surface area contributed by atoms with Crippen LogP contribution in [0.15, 0.2) is 42.6 Å². The maximum Gasteiger partial charge on any atom is 0.0812 e. The van der Waals surface area contributed by atoms with Crippen molar-refractivity contribution in [2.75, 3.05) is 0 Å². The molecule has 0 saturated carbocycles. The topological polar surface area (TPSA) is 44.5 Å². The molecule has 0 amide bonds. The number of H-pyrrole nitrogens is 2. The van der Waals surface area contributed by atoms with Crippen molar-refractivity contribution in [3.05, 3.63) is 42.6 Å². The normalized spacial score (nSPS) is 9.11. The molecule has 3 heteroatoms. The molecule has 3 nitrogen and oxygen atoms in total. The van der Waals surface area contributed by atoms with Crippen molar-refractivity contribution in [3.63, 3.8) is 0 Å². The molecular weight excluding hydrogens is 222 g/mol. The van der Waals surface area contributed by atoms with E-state index in [0.717, 1.165) is 16.9 Å². The van der Waals surface area contributed by atoms with Gasteiger partial charge in [-0.25, -0.2) is 0 Å². The third-order valence-electron chi connectivity index (χ3n) is 2.32. The Labute approximate surface area is 108 Å². The Kier molecular flexibility index (Phi) is 5.71. The van der Waals surface area contributed by atoms with Gasteiger partial charge in [-0.2, -0.15) is 5.10 Å². The first-order chi connectivity index (χ1) is 8.93. The lowest BCUT2D eigenvalue weighted by Crippen LogP contribution is -1.75. The molecule has 2 N–H and O–H groups in total. The van der Waals surface area contributed by atoms with Gasteiger partial charge in [0.2, 0.25) is 0 Å². The maximum absolute atomic E-state index is 3.92. The van der Waals surface area contributed by atoms with Crippen LogP contribution in [0.2, 0.25) is 0 Å². The fourth-order valence-corrected chi connectivity index (χ4v) is 1.62. The van der Waals surface area contributed by atoms with E-state index in [1.807, 2.05) is 45.9 Å². The summed E-state index contributed by atoms with van der Waals surface area (Å²) in [7, 11) is 0. The number of nitrogens with one attached hydrogen (secondary N) is 2. The molecule has 0 saturated heterocycles. The van der Waals surface area contributed by atoms with Crippen LogP contribution in [0, 0.1) is 0 Å². The molecule has 0 unspecified atom stereocenters. The van der Waals surface area contributed by atoms with Crippen LogP contribution in [-0.2, 0) is 0 Å². The first-order valence-corrected chi connectivity index (χ1v) is 6.51. The molecule has 18 heavy (non-hydrogen) atoms. The number of rotatable bonds is 1. The molecule has 0 spiro atoms. The van der Waals surface area contributed by atoms with E-state index in [2.05, 4.69) is 33.4 Å². The average Bonchev–Trinajstić information content (AvgIpc) is 3.12. The number of hydrogen-bond donors (Lipinski definition) is 2. The summed E-state index contributed by atoms with van der Waals surface area (Å²) in [6, 6.07) is 12.3. The third kappa shape index (κ3) is 3.00. The third-order valence-corrected chi connectivity index (χ3v) is 2.32. The number of hydrogen-bond acceptors (Lipinski definition) is 1. The second kappa shape index (κ2) is 7.33. The van der Waals surface area contributed by atoms with Crippen LogP contribution >= 0.6 is 0 Å².